The lowest BCUT2D eigenvalue weighted by atomic mass is 10.1. The number of aryl methyl sites for hydroxylation is 1. The number of ether oxygens (including phenoxy) is 1. The minimum atomic E-state index is -3.42. The number of benzene rings is 2. The summed E-state index contributed by atoms with van der Waals surface area (Å²) < 4.78 is 29.9. The molecule has 108 valence electrons. The van der Waals surface area contributed by atoms with Crippen molar-refractivity contribution >= 4 is 9.84 Å². The van der Waals surface area contributed by atoms with Gasteiger partial charge in [-0.25, -0.2) is 8.42 Å². The number of sulfone groups is 1. The van der Waals surface area contributed by atoms with E-state index in [-0.39, 0.29) is 5.75 Å². The molecule has 0 saturated carbocycles. The largest absolute Gasteiger partial charge is 0.495 e. The smallest absolute Gasteiger partial charge is 0.182 e. The monoisotopic (exact) mass is 301 g/mol. The van der Waals surface area contributed by atoms with Crippen molar-refractivity contribution in [3.05, 3.63) is 59.2 Å². The maximum atomic E-state index is 12.4. The van der Waals surface area contributed by atoms with E-state index in [1.54, 1.807) is 36.4 Å². The molecule has 0 atom stereocenters. The van der Waals surface area contributed by atoms with Crippen LogP contribution in [0.2, 0.25) is 0 Å². The van der Waals surface area contributed by atoms with Gasteiger partial charge >= 0.3 is 0 Å². The Labute approximate surface area is 124 Å². The fourth-order valence-corrected chi connectivity index (χ4v) is 3.47. The van der Waals surface area contributed by atoms with E-state index in [1.165, 1.54) is 7.11 Å². The first-order valence-electron chi connectivity index (χ1n) is 6.33. The third-order valence-corrected chi connectivity index (χ3v) is 4.78. The van der Waals surface area contributed by atoms with E-state index in [1.807, 2.05) is 19.1 Å². The van der Waals surface area contributed by atoms with E-state index in [2.05, 4.69) is 0 Å². The van der Waals surface area contributed by atoms with Crippen LogP contribution in [0.15, 0.2) is 47.4 Å². The van der Waals surface area contributed by atoms with Gasteiger partial charge in [0.05, 0.1) is 23.3 Å². The van der Waals surface area contributed by atoms with Gasteiger partial charge in [0.2, 0.25) is 0 Å². The highest BCUT2D eigenvalue weighted by Crippen LogP contribution is 2.23. The van der Waals surface area contributed by atoms with Crippen molar-refractivity contribution in [3.63, 3.8) is 0 Å². The summed E-state index contributed by atoms with van der Waals surface area (Å²) in [5, 5.41) is 8.93. The van der Waals surface area contributed by atoms with Crippen LogP contribution in [0.5, 0.6) is 5.75 Å². The van der Waals surface area contributed by atoms with Crippen molar-refractivity contribution in [2.75, 3.05) is 7.11 Å². The van der Waals surface area contributed by atoms with E-state index < -0.39 is 9.84 Å². The Morgan fingerprint density at radius 2 is 1.95 bits per heavy atom. The number of nitrogens with zero attached hydrogens (tertiary/aromatic N) is 1. The van der Waals surface area contributed by atoms with Gasteiger partial charge in [-0.15, -0.1) is 0 Å². The Morgan fingerprint density at radius 3 is 2.57 bits per heavy atom. The molecule has 0 unspecified atom stereocenters. The molecule has 2 rings (SSSR count). The Kier molecular flexibility index (Phi) is 4.29. The molecule has 0 aliphatic rings. The molecular weight excluding hydrogens is 286 g/mol. The third kappa shape index (κ3) is 3.41. The Hall–Kier alpha value is -2.32. The molecule has 0 saturated heterocycles. The molecule has 4 nitrogen and oxygen atoms in total. The van der Waals surface area contributed by atoms with Crippen molar-refractivity contribution in [1.29, 1.82) is 5.26 Å². The second-order valence-corrected chi connectivity index (χ2v) is 6.71. The van der Waals surface area contributed by atoms with Crippen LogP contribution < -0.4 is 4.74 Å². The van der Waals surface area contributed by atoms with Crippen LogP contribution in [-0.2, 0) is 15.6 Å². The number of nitriles is 1. The highest BCUT2D eigenvalue weighted by Gasteiger charge is 2.16. The quantitative estimate of drug-likeness (QED) is 0.871. The first-order valence-corrected chi connectivity index (χ1v) is 7.98. The van der Waals surface area contributed by atoms with E-state index in [0.717, 1.165) is 5.56 Å². The van der Waals surface area contributed by atoms with Crippen LogP contribution in [0.4, 0.5) is 0 Å². The van der Waals surface area contributed by atoms with Gasteiger partial charge in [0.25, 0.3) is 0 Å². The van der Waals surface area contributed by atoms with Gasteiger partial charge < -0.3 is 4.74 Å². The summed E-state index contributed by atoms with van der Waals surface area (Å²) in [5.74, 6) is 0.257. The van der Waals surface area contributed by atoms with Gasteiger partial charge in [-0.2, -0.15) is 5.26 Å². The van der Waals surface area contributed by atoms with Gasteiger partial charge in [-0.3, -0.25) is 0 Å². The van der Waals surface area contributed by atoms with Crippen LogP contribution in [0.25, 0.3) is 0 Å². The molecule has 0 N–H and O–H groups in total. The van der Waals surface area contributed by atoms with Gasteiger partial charge in [0, 0.05) is 0 Å². The molecule has 5 heteroatoms. The predicted molar refractivity (Wildman–Crippen MR) is 79.8 cm³/mol. The highest BCUT2D eigenvalue weighted by molar-refractivity contribution is 7.90. The second kappa shape index (κ2) is 5.98. The summed E-state index contributed by atoms with van der Waals surface area (Å²) in [4.78, 5) is 0.297. The Morgan fingerprint density at radius 1 is 1.19 bits per heavy atom. The molecule has 0 amide bonds. The van der Waals surface area contributed by atoms with Gasteiger partial charge in [-0.05, 0) is 42.3 Å². The fourth-order valence-electron chi connectivity index (χ4n) is 2.03. The van der Waals surface area contributed by atoms with E-state index in [0.29, 0.717) is 21.8 Å². The van der Waals surface area contributed by atoms with Crippen LogP contribution >= 0.6 is 0 Å². The van der Waals surface area contributed by atoms with E-state index >= 15 is 0 Å². The molecule has 0 aromatic heterocycles. The fraction of sp³-hybridized carbons (Fsp3) is 0.188. The topological polar surface area (TPSA) is 67.2 Å². The minimum Gasteiger partial charge on any atom is -0.495 e. The van der Waals surface area contributed by atoms with Gasteiger partial charge in [0.1, 0.15) is 11.8 Å². The van der Waals surface area contributed by atoms with E-state index in [9.17, 15) is 8.42 Å². The molecule has 21 heavy (non-hydrogen) atoms. The van der Waals surface area contributed by atoms with Crippen LogP contribution in [0, 0.1) is 18.3 Å². The lowest BCUT2D eigenvalue weighted by molar-refractivity contribution is 0.413. The Balaban J connectivity index is 2.35. The van der Waals surface area contributed by atoms with Crippen LogP contribution in [-0.4, -0.2) is 15.5 Å². The van der Waals surface area contributed by atoms with Crippen molar-refractivity contribution in [2.24, 2.45) is 0 Å². The SMILES string of the molecule is COc1cc(CS(=O)(=O)c2cccc(C)c2)ccc1C#N. The molecule has 0 aliphatic carbocycles. The zero-order valence-electron chi connectivity index (χ0n) is 11.8. The first kappa shape index (κ1) is 15.1. The lowest BCUT2D eigenvalue weighted by Crippen LogP contribution is -2.05. The summed E-state index contributed by atoms with van der Waals surface area (Å²) in [5.41, 5.74) is 1.87. The normalized spacial score (nSPS) is 10.9. The van der Waals surface area contributed by atoms with Gasteiger partial charge in [0.15, 0.2) is 9.84 Å². The van der Waals surface area contributed by atoms with Crippen LogP contribution in [0.3, 0.4) is 0 Å². The number of hydrogen-bond donors (Lipinski definition) is 0. The number of hydrogen-bond acceptors (Lipinski definition) is 4. The molecule has 0 spiro atoms. The zero-order chi connectivity index (χ0) is 15.5. The van der Waals surface area contributed by atoms with Crippen molar-refractivity contribution < 1.29 is 13.2 Å². The Bertz CT molecular complexity index is 805. The second-order valence-electron chi connectivity index (χ2n) is 4.72. The zero-order valence-corrected chi connectivity index (χ0v) is 12.6. The van der Waals surface area contributed by atoms with E-state index in [4.69, 9.17) is 10.00 Å². The molecular formula is C16H15NO3S. The first-order chi connectivity index (χ1) is 9.96. The molecule has 2 aromatic carbocycles. The average Bonchev–Trinajstić information content (AvgIpc) is 2.46. The third-order valence-electron chi connectivity index (χ3n) is 3.09. The number of methoxy groups -OCH3 is 1. The predicted octanol–water partition coefficient (Wildman–Crippen LogP) is 2.85. The molecule has 0 fully saturated rings. The summed E-state index contributed by atoms with van der Waals surface area (Å²) in [6, 6.07) is 13.6. The van der Waals surface area contributed by atoms with Crippen molar-refractivity contribution in [3.8, 4) is 11.8 Å². The number of rotatable bonds is 4. The molecule has 0 aliphatic heterocycles. The highest BCUT2D eigenvalue weighted by atomic mass is 32.2. The van der Waals surface area contributed by atoms with Crippen molar-refractivity contribution in [1.82, 2.24) is 0 Å². The van der Waals surface area contributed by atoms with Gasteiger partial charge in [-0.1, -0.05) is 18.2 Å². The maximum Gasteiger partial charge on any atom is 0.182 e. The molecule has 0 bridgehead atoms. The lowest BCUT2D eigenvalue weighted by Gasteiger charge is -2.08. The van der Waals surface area contributed by atoms with Crippen molar-refractivity contribution in [2.45, 2.75) is 17.6 Å². The minimum absolute atomic E-state index is 0.126. The van der Waals surface area contributed by atoms with Crippen LogP contribution in [0.1, 0.15) is 16.7 Å². The maximum absolute atomic E-state index is 12.4. The summed E-state index contributed by atoms with van der Waals surface area (Å²) in [6.07, 6.45) is 0. The summed E-state index contributed by atoms with van der Waals surface area (Å²) in [6.45, 7) is 1.85. The summed E-state index contributed by atoms with van der Waals surface area (Å²) >= 11 is 0. The standard InChI is InChI=1S/C16H15NO3S/c1-12-4-3-5-15(8-12)21(18,19)11-13-6-7-14(10-17)16(9-13)20-2/h3-9H,11H2,1-2H3. The molecule has 2 aromatic rings. The molecule has 0 radical (unpaired) electrons. The molecule has 0 heterocycles. The average molecular weight is 301 g/mol. The summed E-state index contributed by atoms with van der Waals surface area (Å²) in [7, 11) is -1.97.